The van der Waals surface area contributed by atoms with Gasteiger partial charge in [0.1, 0.15) is 6.54 Å². The van der Waals surface area contributed by atoms with Gasteiger partial charge in [0.15, 0.2) is 5.96 Å². The smallest absolute Gasteiger partial charge is 0.243 e. The first kappa shape index (κ1) is 24.4. The van der Waals surface area contributed by atoms with E-state index in [2.05, 4.69) is 38.0 Å². The van der Waals surface area contributed by atoms with Crippen LogP contribution in [0.1, 0.15) is 43.4 Å². The quantitative estimate of drug-likeness (QED) is 0.322. The molecule has 8 heteroatoms. The first-order valence-corrected chi connectivity index (χ1v) is 11.5. The van der Waals surface area contributed by atoms with Crippen molar-refractivity contribution in [2.75, 3.05) is 40.3 Å². The summed E-state index contributed by atoms with van der Waals surface area (Å²) < 4.78 is 0. The number of carbonyl (C=O) groups is 1. The first-order chi connectivity index (χ1) is 13.6. The highest BCUT2D eigenvalue weighted by molar-refractivity contribution is 14.0. The predicted octanol–water partition coefficient (Wildman–Crippen LogP) is 2.94. The molecule has 0 aromatic carbocycles. The largest absolute Gasteiger partial charge is 0.356 e. The highest BCUT2D eigenvalue weighted by Gasteiger charge is 2.27. The van der Waals surface area contributed by atoms with Gasteiger partial charge in [-0.1, -0.05) is 18.9 Å². The van der Waals surface area contributed by atoms with Crippen LogP contribution in [0.4, 0.5) is 0 Å². The van der Waals surface area contributed by atoms with Crippen molar-refractivity contribution in [3.05, 3.63) is 22.4 Å². The summed E-state index contributed by atoms with van der Waals surface area (Å²) in [6.07, 6.45) is 8.80. The third-order valence-corrected chi connectivity index (χ3v) is 6.76. The van der Waals surface area contributed by atoms with Crippen molar-refractivity contribution in [2.24, 2.45) is 4.99 Å². The lowest BCUT2D eigenvalue weighted by molar-refractivity contribution is -0.127. The number of nitrogens with one attached hydrogen (secondary N) is 2. The maximum absolute atomic E-state index is 11.9. The van der Waals surface area contributed by atoms with Gasteiger partial charge in [-0.15, -0.1) is 35.3 Å². The van der Waals surface area contributed by atoms with Crippen LogP contribution in [0.3, 0.4) is 0 Å². The topological polar surface area (TPSA) is 60.0 Å². The number of amides is 1. The van der Waals surface area contributed by atoms with Crippen molar-refractivity contribution < 1.29 is 4.79 Å². The minimum atomic E-state index is 0. The Morgan fingerprint density at radius 3 is 2.59 bits per heavy atom. The maximum atomic E-state index is 11.9. The molecule has 1 aromatic heterocycles. The molecule has 1 saturated heterocycles. The number of piperidine rings is 1. The Bertz CT molecular complexity index is 623. The van der Waals surface area contributed by atoms with Crippen LogP contribution in [0.5, 0.6) is 0 Å². The third kappa shape index (κ3) is 8.05. The Morgan fingerprint density at radius 1 is 1.24 bits per heavy atom. The van der Waals surface area contributed by atoms with Crippen molar-refractivity contribution in [1.29, 1.82) is 0 Å². The van der Waals surface area contributed by atoms with Crippen LogP contribution in [0.15, 0.2) is 22.5 Å². The highest BCUT2D eigenvalue weighted by Crippen LogP contribution is 2.26. The van der Waals surface area contributed by atoms with Crippen LogP contribution in [0, 0.1) is 0 Å². The van der Waals surface area contributed by atoms with Crippen LogP contribution in [-0.2, 0) is 11.2 Å². The summed E-state index contributed by atoms with van der Waals surface area (Å²) in [7, 11) is 3.54. The van der Waals surface area contributed by atoms with E-state index in [4.69, 9.17) is 0 Å². The Balaban J connectivity index is 0.00000300. The molecule has 6 nitrogen and oxygen atoms in total. The average Bonchev–Trinajstić information content (AvgIpc) is 3.40. The molecule has 1 aromatic rings. The van der Waals surface area contributed by atoms with Crippen LogP contribution in [0.25, 0.3) is 0 Å². The molecule has 0 radical (unpaired) electrons. The number of hydrogen-bond acceptors (Lipinski definition) is 4. The molecule has 1 amide bonds. The number of rotatable bonds is 7. The van der Waals surface area contributed by atoms with Gasteiger partial charge in [0.2, 0.25) is 5.91 Å². The minimum absolute atomic E-state index is 0. The van der Waals surface area contributed by atoms with Gasteiger partial charge in [0, 0.05) is 50.7 Å². The van der Waals surface area contributed by atoms with Gasteiger partial charge < -0.3 is 20.4 Å². The van der Waals surface area contributed by atoms with Gasteiger partial charge in [-0.2, -0.15) is 0 Å². The summed E-state index contributed by atoms with van der Waals surface area (Å²) in [6.45, 7) is 3.34. The fourth-order valence-electron chi connectivity index (χ4n) is 4.07. The Hall–Kier alpha value is -0.870. The lowest BCUT2D eigenvalue weighted by Gasteiger charge is -2.36. The Kier molecular flexibility index (Phi) is 10.7. The number of thiophene rings is 1. The number of hydrogen-bond donors (Lipinski definition) is 2. The van der Waals surface area contributed by atoms with Crippen molar-refractivity contribution in [3.63, 3.8) is 0 Å². The second-order valence-electron chi connectivity index (χ2n) is 8.10. The number of likely N-dealkylation sites (N-methyl/N-ethyl adjacent to an activating group) is 1. The number of halogens is 1. The van der Waals surface area contributed by atoms with E-state index in [0.717, 1.165) is 37.8 Å². The summed E-state index contributed by atoms with van der Waals surface area (Å²) in [5.41, 5.74) is 0. The predicted molar refractivity (Wildman–Crippen MR) is 132 cm³/mol. The lowest BCUT2D eigenvalue weighted by atomic mass is 10.0. The van der Waals surface area contributed by atoms with E-state index in [1.54, 1.807) is 30.3 Å². The van der Waals surface area contributed by atoms with E-state index in [0.29, 0.717) is 6.04 Å². The van der Waals surface area contributed by atoms with Crippen molar-refractivity contribution in [3.8, 4) is 0 Å². The van der Waals surface area contributed by atoms with Crippen LogP contribution < -0.4 is 10.6 Å². The molecule has 0 atom stereocenters. The van der Waals surface area contributed by atoms with Gasteiger partial charge in [0.25, 0.3) is 0 Å². The molecule has 0 bridgehead atoms. The van der Waals surface area contributed by atoms with Crippen LogP contribution in [0.2, 0.25) is 0 Å². The summed E-state index contributed by atoms with van der Waals surface area (Å²) in [5.74, 6) is 0.793. The summed E-state index contributed by atoms with van der Waals surface area (Å²) in [4.78, 5) is 22.1. The standard InChI is InChI=1S/C21H35N5OS.HI/c1-25(2)20(27)16-23-21(22-12-9-19-8-5-15-28-19)24-17-10-13-26(14-11-17)18-6-3-4-7-18;/h5,8,15,17-18H,3-4,6-7,9-14,16H2,1-2H3,(H2,22,23,24);1H. The van der Waals surface area contributed by atoms with Crippen molar-refractivity contribution in [1.82, 2.24) is 20.4 Å². The van der Waals surface area contributed by atoms with Gasteiger partial charge in [-0.05, 0) is 43.6 Å². The Morgan fingerprint density at radius 2 is 1.97 bits per heavy atom. The zero-order valence-electron chi connectivity index (χ0n) is 17.7. The molecule has 1 aliphatic carbocycles. The molecule has 3 rings (SSSR count). The molecule has 2 N–H and O–H groups in total. The summed E-state index contributed by atoms with van der Waals surface area (Å²) in [5, 5.41) is 9.12. The summed E-state index contributed by atoms with van der Waals surface area (Å²) in [6, 6.07) is 5.49. The van der Waals surface area contributed by atoms with Crippen LogP contribution in [-0.4, -0.2) is 74.0 Å². The summed E-state index contributed by atoms with van der Waals surface area (Å²) >= 11 is 1.78. The van der Waals surface area contributed by atoms with Gasteiger partial charge in [-0.25, -0.2) is 4.99 Å². The minimum Gasteiger partial charge on any atom is -0.356 e. The monoisotopic (exact) mass is 533 g/mol. The highest BCUT2D eigenvalue weighted by atomic mass is 127. The molecular weight excluding hydrogens is 497 g/mol. The lowest BCUT2D eigenvalue weighted by Crippen LogP contribution is -2.50. The molecule has 1 aliphatic heterocycles. The molecular formula is C21H36IN5OS. The van der Waals surface area contributed by atoms with E-state index >= 15 is 0 Å². The number of nitrogens with zero attached hydrogens (tertiary/aromatic N) is 3. The normalized spacial score (nSPS) is 19.0. The molecule has 2 heterocycles. The first-order valence-electron chi connectivity index (χ1n) is 10.6. The second kappa shape index (κ2) is 12.7. The maximum Gasteiger partial charge on any atom is 0.243 e. The molecule has 2 aliphatic rings. The fourth-order valence-corrected chi connectivity index (χ4v) is 4.78. The third-order valence-electron chi connectivity index (χ3n) is 5.83. The van der Waals surface area contributed by atoms with Gasteiger partial charge in [-0.3, -0.25) is 4.79 Å². The number of likely N-dealkylation sites (tertiary alicyclic amines) is 1. The second-order valence-corrected chi connectivity index (χ2v) is 9.13. The molecule has 164 valence electrons. The zero-order valence-corrected chi connectivity index (χ0v) is 20.9. The molecule has 0 spiro atoms. The van der Waals surface area contributed by atoms with Gasteiger partial charge in [0.05, 0.1) is 0 Å². The molecule has 0 unspecified atom stereocenters. The zero-order chi connectivity index (χ0) is 19.8. The van der Waals surface area contributed by atoms with Crippen molar-refractivity contribution in [2.45, 2.75) is 57.0 Å². The Labute approximate surface area is 196 Å². The molecule has 2 fully saturated rings. The number of guanidine groups is 1. The van der Waals surface area contributed by atoms with E-state index < -0.39 is 0 Å². The SMILES string of the molecule is CN(C)C(=O)CN=C(NCCc1cccs1)NC1CCN(C2CCCC2)CC1.I. The van der Waals surface area contributed by atoms with E-state index in [-0.39, 0.29) is 36.4 Å². The van der Waals surface area contributed by atoms with E-state index in [1.807, 2.05) is 0 Å². The van der Waals surface area contributed by atoms with E-state index in [1.165, 1.54) is 43.6 Å². The molecule has 1 saturated carbocycles. The van der Waals surface area contributed by atoms with Crippen LogP contribution >= 0.6 is 35.3 Å². The molecule has 29 heavy (non-hydrogen) atoms. The van der Waals surface area contributed by atoms with Crippen molar-refractivity contribution >= 4 is 47.2 Å². The van der Waals surface area contributed by atoms with Gasteiger partial charge >= 0.3 is 0 Å². The average molecular weight is 534 g/mol. The number of carbonyl (C=O) groups excluding carboxylic acids is 1. The van der Waals surface area contributed by atoms with E-state index in [9.17, 15) is 4.79 Å². The number of aliphatic imine (C=N–C) groups is 1. The fraction of sp³-hybridized carbons (Fsp3) is 0.714.